The Balaban J connectivity index is 1.90. The number of carbonyl (C=O) groups is 1. The van der Waals surface area contributed by atoms with E-state index in [2.05, 4.69) is 0 Å². The molecule has 0 aliphatic carbocycles. The van der Waals surface area contributed by atoms with Gasteiger partial charge in [-0.15, -0.1) is 0 Å². The maximum Gasteiger partial charge on any atom is 0.259 e. The van der Waals surface area contributed by atoms with Gasteiger partial charge in [-0.25, -0.2) is 0 Å². The lowest BCUT2D eigenvalue weighted by Crippen LogP contribution is -2.28. The maximum atomic E-state index is 12.7. The van der Waals surface area contributed by atoms with Crippen molar-refractivity contribution in [2.24, 2.45) is 0 Å². The first-order valence-corrected chi connectivity index (χ1v) is 8.69. The molecule has 1 heterocycles. The molecule has 0 atom stereocenters. The lowest BCUT2D eigenvalue weighted by Gasteiger charge is -2.18. The normalized spacial score (nSPS) is 10.6. The van der Waals surface area contributed by atoms with Crippen LogP contribution in [-0.2, 0) is 6.54 Å². The number of rotatable bonds is 4. The van der Waals surface area contributed by atoms with Crippen LogP contribution in [0.2, 0.25) is 10.0 Å². The van der Waals surface area contributed by atoms with Gasteiger partial charge in [-0.2, -0.15) is 0 Å². The molecule has 132 valence electrons. The van der Waals surface area contributed by atoms with E-state index in [0.29, 0.717) is 15.6 Å². The van der Waals surface area contributed by atoms with Crippen LogP contribution in [0.25, 0.3) is 0 Å². The van der Waals surface area contributed by atoms with E-state index in [9.17, 15) is 9.59 Å². The first-order chi connectivity index (χ1) is 12.5. The first kappa shape index (κ1) is 18.2. The van der Waals surface area contributed by atoms with Crippen LogP contribution in [0, 0.1) is 0 Å². The minimum absolute atomic E-state index is 0.202. The van der Waals surface area contributed by atoms with Gasteiger partial charge >= 0.3 is 0 Å². The molecule has 2 aromatic carbocycles. The molecule has 0 saturated heterocycles. The van der Waals surface area contributed by atoms with E-state index >= 15 is 0 Å². The van der Waals surface area contributed by atoms with Gasteiger partial charge in [0.1, 0.15) is 0 Å². The second kappa shape index (κ2) is 7.77. The van der Waals surface area contributed by atoms with Crippen LogP contribution in [-0.4, -0.2) is 17.5 Å². The van der Waals surface area contributed by atoms with Gasteiger partial charge in [-0.1, -0.05) is 47.5 Å². The lowest BCUT2D eigenvalue weighted by atomic mass is 10.2. The second-order valence-electron chi connectivity index (χ2n) is 5.82. The van der Waals surface area contributed by atoms with Gasteiger partial charge in [0.25, 0.3) is 11.5 Å². The number of aromatic nitrogens is 1. The summed E-state index contributed by atoms with van der Waals surface area (Å²) in [6.07, 6.45) is 1.55. The van der Waals surface area contributed by atoms with E-state index in [0.717, 1.165) is 11.3 Å². The molecule has 0 spiro atoms. The zero-order chi connectivity index (χ0) is 18.7. The van der Waals surface area contributed by atoms with Crippen molar-refractivity contribution in [2.75, 3.05) is 11.9 Å². The Hall–Kier alpha value is -2.56. The Kier molecular flexibility index (Phi) is 5.45. The summed E-state index contributed by atoms with van der Waals surface area (Å²) in [4.78, 5) is 26.5. The number of para-hydroxylation sites is 1. The fourth-order valence-electron chi connectivity index (χ4n) is 2.58. The third kappa shape index (κ3) is 3.98. The molecule has 0 bridgehead atoms. The number of pyridine rings is 1. The van der Waals surface area contributed by atoms with E-state index in [4.69, 9.17) is 23.2 Å². The molecule has 3 aromatic rings. The summed E-state index contributed by atoms with van der Waals surface area (Å²) in [6.45, 7) is 0.255. The number of carbonyl (C=O) groups excluding carboxylic acids is 1. The highest BCUT2D eigenvalue weighted by atomic mass is 35.5. The van der Waals surface area contributed by atoms with Gasteiger partial charge < -0.3 is 9.47 Å². The molecule has 0 aliphatic rings. The zero-order valence-corrected chi connectivity index (χ0v) is 15.5. The van der Waals surface area contributed by atoms with Gasteiger partial charge in [0.05, 0.1) is 12.1 Å². The van der Waals surface area contributed by atoms with Crippen LogP contribution in [0.15, 0.2) is 71.7 Å². The van der Waals surface area contributed by atoms with Gasteiger partial charge in [-0.05, 0) is 35.9 Å². The van der Waals surface area contributed by atoms with Gasteiger partial charge in [-0.3, -0.25) is 9.59 Å². The Morgan fingerprint density at radius 1 is 1.04 bits per heavy atom. The molecule has 6 heteroatoms. The summed E-state index contributed by atoms with van der Waals surface area (Å²) in [5.74, 6) is -0.202. The highest BCUT2D eigenvalue weighted by Gasteiger charge is 2.15. The third-order valence-corrected chi connectivity index (χ3v) is 4.62. The molecular weight excluding hydrogens is 371 g/mol. The number of halogens is 2. The fourth-order valence-corrected chi connectivity index (χ4v) is 3.05. The summed E-state index contributed by atoms with van der Waals surface area (Å²) in [7, 11) is 1.70. The predicted molar refractivity (Wildman–Crippen MR) is 105 cm³/mol. The van der Waals surface area contributed by atoms with E-state index < -0.39 is 0 Å². The van der Waals surface area contributed by atoms with Crippen molar-refractivity contribution >= 4 is 34.8 Å². The van der Waals surface area contributed by atoms with Crippen LogP contribution in [0.3, 0.4) is 0 Å². The van der Waals surface area contributed by atoms with Crippen LogP contribution >= 0.6 is 23.2 Å². The molecule has 0 saturated carbocycles. The summed E-state index contributed by atoms with van der Waals surface area (Å²) in [5, 5.41) is 1.00. The van der Waals surface area contributed by atoms with E-state index in [-0.39, 0.29) is 18.0 Å². The molecule has 1 aromatic heterocycles. The quantitative estimate of drug-likeness (QED) is 0.663. The molecular formula is C20H16Cl2N2O2. The summed E-state index contributed by atoms with van der Waals surface area (Å²) in [6, 6.07) is 17.3. The van der Waals surface area contributed by atoms with E-state index in [1.807, 2.05) is 30.3 Å². The maximum absolute atomic E-state index is 12.7. The standard InChI is InChI=1S/C20H16Cl2N2O2/c1-23(17-5-3-2-4-6-17)20(26)15-8-10-19(25)24(13-15)12-14-7-9-16(21)11-18(14)22/h2-11,13H,12H2,1H3. The van der Waals surface area contributed by atoms with Crippen LogP contribution in [0.1, 0.15) is 15.9 Å². The van der Waals surface area contributed by atoms with Crippen molar-refractivity contribution in [1.29, 1.82) is 0 Å². The third-order valence-electron chi connectivity index (χ3n) is 4.03. The van der Waals surface area contributed by atoms with Crippen molar-refractivity contribution in [3.05, 3.63) is 98.4 Å². The number of hydrogen-bond donors (Lipinski definition) is 0. The highest BCUT2D eigenvalue weighted by molar-refractivity contribution is 6.35. The molecule has 4 nitrogen and oxygen atoms in total. The molecule has 0 fully saturated rings. The van der Waals surface area contributed by atoms with Crippen LogP contribution in [0.5, 0.6) is 0 Å². The van der Waals surface area contributed by atoms with Gasteiger partial charge in [0.15, 0.2) is 0 Å². The van der Waals surface area contributed by atoms with Crippen molar-refractivity contribution < 1.29 is 4.79 Å². The van der Waals surface area contributed by atoms with Gasteiger partial charge in [0, 0.05) is 35.0 Å². The number of benzene rings is 2. The number of hydrogen-bond acceptors (Lipinski definition) is 2. The van der Waals surface area contributed by atoms with E-state index in [1.165, 1.54) is 16.7 Å². The average Bonchev–Trinajstić information content (AvgIpc) is 2.65. The Morgan fingerprint density at radius 2 is 1.77 bits per heavy atom. The Bertz CT molecular complexity index is 1000. The minimum atomic E-state index is -0.213. The van der Waals surface area contributed by atoms with Crippen LogP contribution in [0.4, 0.5) is 5.69 Å². The van der Waals surface area contributed by atoms with Crippen molar-refractivity contribution in [1.82, 2.24) is 4.57 Å². The van der Waals surface area contributed by atoms with Gasteiger partial charge in [0.2, 0.25) is 0 Å². The predicted octanol–water partition coefficient (Wildman–Crippen LogP) is 4.48. The molecule has 0 unspecified atom stereocenters. The minimum Gasteiger partial charge on any atom is -0.311 e. The highest BCUT2D eigenvalue weighted by Crippen LogP contribution is 2.21. The van der Waals surface area contributed by atoms with E-state index in [1.54, 1.807) is 36.3 Å². The van der Waals surface area contributed by atoms with Crippen molar-refractivity contribution in [3.8, 4) is 0 Å². The smallest absolute Gasteiger partial charge is 0.259 e. The summed E-state index contributed by atoms with van der Waals surface area (Å²) < 4.78 is 1.46. The van der Waals surface area contributed by atoms with Crippen LogP contribution < -0.4 is 10.5 Å². The second-order valence-corrected chi connectivity index (χ2v) is 6.66. The van der Waals surface area contributed by atoms with Crippen molar-refractivity contribution in [2.45, 2.75) is 6.54 Å². The number of amides is 1. The lowest BCUT2D eigenvalue weighted by molar-refractivity contribution is 0.0992. The fraction of sp³-hybridized carbons (Fsp3) is 0.100. The number of anilines is 1. The Labute approximate surface area is 161 Å². The summed E-state index contributed by atoms with van der Waals surface area (Å²) >= 11 is 12.1. The topological polar surface area (TPSA) is 42.3 Å². The molecule has 0 aliphatic heterocycles. The number of nitrogens with zero attached hydrogens (tertiary/aromatic N) is 2. The zero-order valence-electron chi connectivity index (χ0n) is 14.0. The molecule has 26 heavy (non-hydrogen) atoms. The monoisotopic (exact) mass is 386 g/mol. The molecule has 0 radical (unpaired) electrons. The molecule has 3 rings (SSSR count). The first-order valence-electron chi connectivity index (χ1n) is 7.93. The van der Waals surface area contributed by atoms with Crippen molar-refractivity contribution in [3.63, 3.8) is 0 Å². The molecule has 1 amide bonds. The summed E-state index contributed by atoms with van der Waals surface area (Å²) in [5.41, 5.74) is 1.73. The largest absolute Gasteiger partial charge is 0.311 e. The SMILES string of the molecule is CN(C(=O)c1ccc(=O)n(Cc2ccc(Cl)cc2Cl)c1)c1ccccc1. The average molecular weight is 387 g/mol. The molecule has 0 N–H and O–H groups in total. The Morgan fingerprint density at radius 3 is 2.46 bits per heavy atom.